The van der Waals surface area contributed by atoms with Gasteiger partial charge in [0, 0.05) is 6.61 Å². The lowest BCUT2D eigenvalue weighted by Gasteiger charge is -2.22. The number of ketones is 1. The monoisotopic (exact) mass is 260 g/mol. The second-order valence-electron chi connectivity index (χ2n) is 5.32. The van der Waals surface area contributed by atoms with Crippen LogP contribution in [0.3, 0.4) is 0 Å². The lowest BCUT2D eigenvalue weighted by molar-refractivity contribution is 0.0686. The van der Waals surface area contributed by atoms with Gasteiger partial charge in [0.15, 0.2) is 5.78 Å². The molecule has 1 fully saturated rings. The summed E-state index contributed by atoms with van der Waals surface area (Å²) in [5.74, 6) is 1.02. The number of fused-ring (bicyclic) bond motifs is 1. The zero-order valence-corrected chi connectivity index (χ0v) is 11.4. The van der Waals surface area contributed by atoms with Crippen LogP contribution in [0, 0.1) is 5.92 Å². The van der Waals surface area contributed by atoms with Crippen molar-refractivity contribution in [2.24, 2.45) is 5.92 Å². The maximum atomic E-state index is 12.7. The first kappa shape index (κ1) is 12.7. The number of aryl methyl sites for hydroxylation is 1. The largest absolute Gasteiger partial charge is 0.493 e. The first-order chi connectivity index (χ1) is 9.31. The lowest BCUT2D eigenvalue weighted by Crippen LogP contribution is -2.25. The second kappa shape index (κ2) is 5.33. The van der Waals surface area contributed by atoms with E-state index < -0.39 is 0 Å². The van der Waals surface area contributed by atoms with Crippen LogP contribution in [0.1, 0.15) is 42.1 Å². The SMILES string of the molecule is CCC1OCCC1C(=O)c1cccc2c1OCCC2. The lowest BCUT2D eigenvalue weighted by atomic mass is 9.88. The highest BCUT2D eigenvalue weighted by atomic mass is 16.5. The Kier molecular flexibility index (Phi) is 3.56. The number of rotatable bonds is 3. The van der Waals surface area contributed by atoms with Crippen molar-refractivity contribution in [3.63, 3.8) is 0 Å². The predicted molar refractivity (Wildman–Crippen MR) is 72.7 cm³/mol. The van der Waals surface area contributed by atoms with Crippen LogP contribution < -0.4 is 4.74 Å². The van der Waals surface area contributed by atoms with E-state index in [1.165, 1.54) is 5.56 Å². The molecule has 0 aliphatic carbocycles. The van der Waals surface area contributed by atoms with Crippen molar-refractivity contribution in [1.29, 1.82) is 0 Å². The Hall–Kier alpha value is -1.35. The van der Waals surface area contributed by atoms with Gasteiger partial charge in [0.05, 0.1) is 24.2 Å². The molecule has 0 N–H and O–H groups in total. The third-order valence-corrected chi connectivity index (χ3v) is 4.15. The molecule has 2 aliphatic rings. The molecule has 3 rings (SSSR count). The van der Waals surface area contributed by atoms with Crippen molar-refractivity contribution in [3.8, 4) is 5.75 Å². The molecule has 3 nitrogen and oxygen atoms in total. The average molecular weight is 260 g/mol. The van der Waals surface area contributed by atoms with Gasteiger partial charge in [-0.2, -0.15) is 0 Å². The highest BCUT2D eigenvalue weighted by Gasteiger charge is 2.35. The smallest absolute Gasteiger partial charge is 0.172 e. The Labute approximate surface area is 113 Å². The molecule has 2 heterocycles. The van der Waals surface area contributed by atoms with E-state index in [9.17, 15) is 4.79 Å². The zero-order valence-electron chi connectivity index (χ0n) is 11.4. The van der Waals surface area contributed by atoms with Crippen LogP contribution in [0.5, 0.6) is 5.75 Å². The Morgan fingerprint density at radius 2 is 2.26 bits per heavy atom. The van der Waals surface area contributed by atoms with Crippen LogP contribution in [0.15, 0.2) is 18.2 Å². The van der Waals surface area contributed by atoms with Gasteiger partial charge in [0.25, 0.3) is 0 Å². The van der Waals surface area contributed by atoms with Gasteiger partial charge in [0.2, 0.25) is 0 Å². The summed E-state index contributed by atoms with van der Waals surface area (Å²) in [6, 6.07) is 5.93. The third-order valence-electron chi connectivity index (χ3n) is 4.15. The number of Topliss-reactive ketones (excluding diaryl/α,β-unsaturated/α-hetero) is 1. The molecule has 0 amide bonds. The van der Waals surface area contributed by atoms with E-state index >= 15 is 0 Å². The molecule has 1 aromatic carbocycles. The van der Waals surface area contributed by atoms with Crippen LogP contribution in [0.2, 0.25) is 0 Å². The van der Waals surface area contributed by atoms with E-state index in [0.717, 1.165) is 43.6 Å². The van der Waals surface area contributed by atoms with Gasteiger partial charge >= 0.3 is 0 Å². The Morgan fingerprint density at radius 3 is 3.11 bits per heavy atom. The maximum Gasteiger partial charge on any atom is 0.172 e. The second-order valence-corrected chi connectivity index (χ2v) is 5.32. The number of ether oxygens (including phenoxy) is 2. The number of carbonyl (C=O) groups excluding carboxylic acids is 1. The van der Waals surface area contributed by atoms with Gasteiger partial charge in [0.1, 0.15) is 5.75 Å². The predicted octanol–water partition coefficient (Wildman–Crippen LogP) is 3.01. The van der Waals surface area contributed by atoms with E-state index in [1.807, 2.05) is 12.1 Å². The van der Waals surface area contributed by atoms with Crippen LogP contribution in [-0.2, 0) is 11.2 Å². The summed E-state index contributed by atoms with van der Waals surface area (Å²) in [5.41, 5.74) is 1.93. The summed E-state index contributed by atoms with van der Waals surface area (Å²) >= 11 is 0. The number of hydrogen-bond donors (Lipinski definition) is 0. The van der Waals surface area contributed by atoms with Crippen LogP contribution in [0.4, 0.5) is 0 Å². The molecule has 2 atom stereocenters. The van der Waals surface area contributed by atoms with E-state index in [0.29, 0.717) is 6.61 Å². The summed E-state index contributed by atoms with van der Waals surface area (Å²) in [6.07, 6.45) is 3.85. The van der Waals surface area contributed by atoms with Crippen molar-refractivity contribution >= 4 is 5.78 Å². The topological polar surface area (TPSA) is 35.5 Å². The summed E-state index contributed by atoms with van der Waals surface area (Å²) in [7, 11) is 0. The minimum atomic E-state index is 0.00188. The molecular weight excluding hydrogens is 240 g/mol. The molecule has 1 saturated heterocycles. The molecule has 3 heteroatoms. The summed E-state index contributed by atoms with van der Waals surface area (Å²) < 4.78 is 11.4. The van der Waals surface area contributed by atoms with Crippen molar-refractivity contribution in [3.05, 3.63) is 29.3 Å². The molecule has 0 radical (unpaired) electrons. The highest BCUT2D eigenvalue weighted by Crippen LogP contribution is 2.34. The van der Waals surface area contributed by atoms with Gasteiger partial charge in [-0.3, -0.25) is 4.79 Å². The van der Waals surface area contributed by atoms with E-state index in [4.69, 9.17) is 9.47 Å². The number of benzene rings is 1. The Bertz CT molecular complexity index is 481. The molecule has 19 heavy (non-hydrogen) atoms. The maximum absolute atomic E-state index is 12.7. The van der Waals surface area contributed by atoms with Gasteiger partial charge < -0.3 is 9.47 Å². The number of hydrogen-bond acceptors (Lipinski definition) is 3. The first-order valence-corrected chi connectivity index (χ1v) is 7.21. The number of carbonyl (C=O) groups is 1. The van der Waals surface area contributed by atoms with Crippen molar-refractivity contribution in [2.45, 2.75) is 38.7 Å². The minimum Gasteiger partial charge on any atom is -0.493 e. The van der Waals surface area contributed by atoms with Crippen molar-refractivity contribution in [1.82, 2.24) is 0 Å². The Morgan fingerprint density at radius 1 is 1.37 bits per heavy atom. The van der Waals surface area contributed by atoms with Crippen molar-refractivity contribution in [2.75, 3.05) is 13.2 Å². The molecule has 2 unspecified atom stereocenters. The Balaban J connectivity index is 1.91. The number of para-hydroxylation sites is 1. The fourth-order valence-corrected chi connectivity index (χ4v) is 3.13. The molecule has 102 valence electrons. The van der Waals surface area contributed by atoms with Gasteiger partial charge in [-0.25, -0.2) is 0 Å². The molecule has 1 aromatic rings. The van der Waals surface area contributed by atoms with E-state index in [1.54, 1.807) is 0 Å². The standard InChI is InChI=1S/C16H20O3/c1-2-14-12(8-10-18-14)15(17)13-7-3-5-11-6-4-9-19-16(11)13/h3,5,7,12,14H,2,4,6,8-10H2,1H3. The summed E-state index contributed by atoms with van der Waals surface area (Å²) in [4.78, 5) is 12.7. The van der Waals surface area contributed by atoms with Crippen LogP contribution in [-0.4, -0.2) is 25.1 Å². The first-order valence-electron chi connectivity index (χ1n) is 7.21. The minimum absolute atomic E-state index is 0.00188. The summed E-state index contributed by atoms with van der Waals surface area (Å²) in [6.45, 7) is 3.49. The van der Waals surface area contributed by atoms with E-state index in [2.05, 4.69) is 13.0 Å². The molecular formula is C16H20O3. The van der Waals surface area contributed by atoms with Crippen LogP contribution >= 0.6 is 0 Å². The fourth-order valence-electron chi connectivity index (χ4n) is 3.13. The molecule has 0 aromatic heterocycles. The molecule has 2 aliphatic heterocycles. The van der Waals surface area contributed by atoms with E-state index in [-0.39, 0.29) is 17.8 Å². The van der Waals surface area contributed by atoms with Gasteiger partial charge in [-0.05, 0) is 37.3 Å². The molecule has 0 bridgehead atoms. The third kappa shape index (κ3) is 2.27. The summed E-state index contributed by atoms with van der Waals surface area (Å²) in [5, 5.41) is 0. The normalized spacial score (nSPS) is 25.7. The fraction of sp³-hybridized carbons (Fsp3) is 0.562. The molecule has 0 saturated carbocycles. The quantitative estimate of drug-likeness (QED) is 0.784. The highest BCUT2D eigenvalue weighted by molar-refractivity contribution is 6.01. The zero-order chi connectivity index (χ0) is 13.2. The van der Waals surface area contributed by atoms with Gasteiger partial charge in [-0.15, -0.1) is 0 Å². The average Bonchev–Trinajstić information content (AvgIpc) is 2.94. The van der Waals surface area contributed by atoms with Gasteiger partial charge in [-0.1, -0.05) is 19.1 Å². The van der Waals surface area contributed by atoms with Crippen LogP contribution in [0.25, 0.3) is 0 Å². The molecule has 0 spiro atoms. The van der Waals surface area contributed by atoms with Crippen molar-refractivity contribution < 1.29 is 14.3 Å².